The number of ether oxygens (including phenoxy) is 1. The molecule has 3 fully saturated rings. The van der Waals surface area contributed by atoms with Gasteiger partial charge in [0.05, 0.1) is 5.92 Å². The maximum Gasteiger partial charge on any atom is 0.309 e. The zero-order valence-electron chi connectivity index (χ0n) is 19.7. The Morgan fingerprint density at radius 2 is 1.27 bits per heavy atom. The van der Waals surface area contributed by atoms with E-state index >= 15 is 0 Å². The lowest BCUT2D eigenvalue weighted by atomic mass is 9.68. The molecule has 0 aromatic rings. The van der Waals surface area contributed by atoms with Crippen molar-refractivity contribution >= 4 is 11.8 Å². The van der Waals surface area contributed by atoms with Gasteiger partial charge in [0.15, 0.2) is 0 Å². The van der Waals surface area contributed by atoms with E-state index in [0.717, 1.165) is 75.5 Å². The van der Waals surface area contributed by atoms with Crippen molar-refractivity contribution in [3.05, 3.63) is 0 Å². The summed E-state index contributed by atoms with van der Waals surface area (Å²) < 4.78 is 5.93. The van der Waals surface area contributed by atoms with Crippen molar-refractivity contribution in [2.45, 2.75) is 129 Å². The van der Waals surface area contributed by atoms with Crippen LogP contribution in [0.25, 0.3) is 0 Å². The number of esters is 1. The highest BCUT2D eigenvalue weighted by Gasteiger charge is 2.35. The van der Waals surface area contributed by atoms with Crippen LogP contribution in [-0.4, -0.2) is 17.9 Å². The van der Waals surface area contributed by atoms with Gasteiger partial charge in [0.25, 0.3) is 0 Å². The predicted molar refractivity (Wildman–Crippen MR) is 122 cm³/mol. The van der Waals surface area contributed by atoms with E-state index in [-0.39, 0.29) is 18.0 Å². The fourth-order valence-electron chi connectivity index (χ4n) is 6.50. The normalized spacial score (nSPS) is 35.0. The van der Waals surface area contributed by atoms with Crippen LogP contribution in [0.15, 0.2) is 0 Å². The van der Waals surface area contributed by atoms with Crippen molar-refractivity contribution in [3.63, 3.8) is 0 Å². The molecule has 0 heterocycles. The molecule has 172 valence electrons. The summed E-state index contributed by atoms with van der Waals surface area (Å²) in [5.41, 5.74) is 0. The van der Waals surface area contributed by atoms with Crippen LogP contribution in [0.4, 0.5) is 0 Å². The Morgan fingerprint density at radius 3 is 1.80 bits per heavy atom. The lowest BCUT2D eigenvalue weighted by Crippen LogP contribution is -2.32. The number of carbonyl (C=O) groups excluding carboxylic acids is 2. The molecule has 0 atom stereocenters. The first-order valence-corrected chi connectivity index (χ1v) is 13.3. The molecule has 0 unspecified atom stereocenters. The highest BCUT2D eigenvalue weighted by atomic mass is 16.5. The first kappa shape index (κ1) is 23.8. The summed E-state index contributed by atoms with van der Waals surface area (Å²) >= 11 is 0. The van der Waals surface area contributed by atoms with E-state index in [1.54, 1.807) is 0 Å². The Balaban J connectivity index is 1.33. The third kappa shape index (κ3) is 6.82. The Bertz CT molecular complexity index is 518. The van der Waals surface area contributed by atoms with Crippen molar-refractivity contribution in [1.29, 1.82) is 0 Å². The van der Waals surface area contributed by atoms with Crippen LogP contribution >= 0.6 is 0 Å². The zero-order chi connectivity index (χ0) is 21.3. The van der Waals surface area contributed by atoms with Crippen LogP contribution in [-0.2, 0) is 14.3 Å². The first-order valence-electron chi connectivity index (χ1n) is 13.3. The summed E-state index contributed by atoms with van der Waals surface area (Å²) in [5.74, 6) is 3.50. The molecule has 3 nitrogen and oxygen atoms in total. The third-order valence-corrected chi connectivity index (χ3v) is 8.55. The van der Waals surface area contributed by atoms with E-state index in [2.05, 4.69) is 13.8 Å². The summed E-state index contributed by atoms with van der Waals surface area (Å²) in [5, 5.41) is 0. The van der Waals surface area contributed by atoms with E-state index in [9.17, 15) is 9.59 Å². The molecule has 0 spiro atoms. The smallest absolute Gasteiger partial charge is 0.309 e. The molecule has 3 saturated carbocycles. The van der Waals surface area contributed by atoms with Crippen molar-refractivity contribution < 1.29 is 14.3 Å². The van der Waals surface area contributed by atoms with E-state index in [0.29, 0.717) is 11.7 Å². The van der Waals surface area contributed by atoms with Crippen LogP contribution < -0.4 is 0 Å². The minimum Gasteiger partial charge on any atom is -0.462 e. The highest BCUT2D eigenvalue weighted by molar-refractivity contribution is 5.81. The highest BCUT2D eigenvalue weighted by Crippen LogP contribution is 2.42. The number of hydrogen-bond donors (Lipinski definition) is 0. The van der Waals surface area contributed by atoms with Gasteiger partial charge in [0, 0.05) is 12.3 Å². The van der Waals surface area contributed by atoms with Gasteiger partial charge in [-0.25, -0.2) is 0 Å². The molecule has 0 aromatic heterocycles. The number of hydrogen-bond acceptors (Lipinski definition) is 3. The second kappa shape index (κ2) is 12.2. The minimum absolute atomic E-state index is 0.0950. The van der Waals surface area contributed by atoms with Crippen molar-refractivity contribution in [3.8, 4) is 0 Å². The van der Waals surface area contributed by atoms with Gasteiger partial charge in [-0.3, -0.25) is 9.59 Å². The van der Waals surface area contributed by atoms with E-state index in [1.807, 2.05) is 0 Å². The van der Waals surface area contributed by atoms with Gasteiger partial charge in [0.1, 0.15) is 11.9 Å². The van der Waals surface area contributed by atoms with Gasteiger partial charge in [-0.2, -0.15) is 0 Å². The quantitative estimate of drug-likeness (QED) is 0.370. The van der Waals surface area contributed by atoms with E-state index < -0.39 is 0 Å². The van der Waals surface area contributed by atoms with Crippen molar-refractivity contribution in [2.24, 2.45) is 29.6 Å². The van der Waals surface area contributed by atoms with Crippen LogP contribution in [0.2, 0.25) is 0 Å². The van der Waals surface area contributed by atoms with Crippen LogP contribution in [0.3, 0.4) is 0 Å². The number of ketones is 1. The molecular formula is C27H46O3. The number of carbonyl (C=O) groups is 2. The second-order valence-corrected chi connectivity index (χ2v) is 10.7. The van der Waals surface area contributed by atoms with Gasteiger partial charge in [0.2, 0.25) is 0 Å². The summed E-state index contributed by atoms with van der Waals surface area (Å²) in [6.45, 7) is 4.43. The molecule has 0 amide bonds. The number of Topliss-reactive ketones (excluding diaryl/α,β-unsaturated/α-hetero) is 1. The molecule has 30 heavy (non-hydrogen) atoms. The van der Waals surface area contributed by atoms with E-state index in [1.165, 1.54) is 51.4 Å². The van der Waals surface area contributed by atoms with Gasteiger partial charge in [-0.1, -0.05) is 33.1 Å². The minimum atomic E-state index is 0.0950. The largest absolute Gasteiger partial charge is 0.462 e. The molecule has 0 aromatic carbocycles. The van der Waals surface area contributed by atoms with Gasteiger partial charge in [-0.05, 0) is 101 Å². The molecule has 0 N–H and O–H groups in total. The van der Waals surface area contributed by atoms with Gasteiger partial charge >= 0.3 is 5.97 Å². The maximum absolute atomic E-state index is 12.7. The Morgan fingerprint density at radius 1 is 0.700 bits per heavy atom. The predicted octanol–water partition coefficient (Wildman–Crippen LogP) is 7.26. The fourth-order valence-corrected chi connectivity index (χ4v) is 6.50. The van der Waals surface area contributed by atoms with E-state index in [4.69, 9.17) is 4.74 Å². The summed E-state index contributed by atoms with van der Waals surface area (Å²) in [6, 6.07) is 0. The Hall–Kier alpha value is -0.860. The van der Waals surface area contributed by atoms with Crippen LogP contribution in [0, 0.1) is 29.6 Å². The third-order valence-electron chi connectivity index (χ3n) is 8.55. The Labute approximate surface area is 185 Å². The average Bonchev–Trinajstić information content (AvgIpc) is 2.79. The SMILES string of the molecule is CCCCC(=O)[C@H]1CC[C@H]([C@H]2CC[C@H](C(=O)O[C@H]3CC[C@H](CCC)CC3)CC2)CC1. The second-order valence-electron chi connectivity index (χ2n) is 10.7. The number of rotatable bonds is 9. The Kier molecular flexibility index (Phi) is 9.71. The molecule has 3 aliphatic carbocycles. The lowest BCUT2D eigenvalue weighted by Gasteiger charge is -2.37. The monoisotopic (exact) mass is 418 g/mol. The first-order chi connectivity index (χ1) is 14.6. The summed E-state index contributed by atoms with van der Waals surface area (Å²) in [6.07, 6.45) is 19.4. The molecule has 3 heteroatoms. The lowest BCUT2D eigenvalue weighted by molar-refractivity contribution is -0.157. The maximum atomic E-state index is 12.7. The molecule has 0 saturated heterocycles. The fraction of sp³-hybridized carbons (Fsp3) is 0.926. The van der Waals surface area contributed by atoms with Gasteiger partial charge in [-0.15, -0.1) is 0 Å². The summed E-state index contributed by atoms with van der Waals surface area (Å²) in [7, 11) is 0. The molecule has 0 aliphatic heterocycles. The van der Waals surface area contributed by atoms with Crippen molar-refractivity contribution in [1.82, 2.24) is 0 Å². The molecule has 0 radical (unpaired) electrons. The van der Waals surface area contributed by atoms with Crippen molar-refractivity contribution in [2.75, 3.05) is 0 Å². The average molecular weight is 419 g/mol. The van der Waals surface area contributed by atoms with Crippen LogP contribution in [0.1, 0.15) is 123 Å². The van der Waals surface area contributed by atoms with Crippen LogP contribution in [0.5, 0.6) is 0 Å². The standard InChI is InChI=1S/C27H46O3/c1-3-5-7-26(28)23-14-10-21(11-15-23)22-12-16-24(17-13-22)27(29)30-25-18-8-20(6-4-2)9-19-25/h20-25H,3-19H2,1-2H3/t20-,21-,22-,23-,24-,25-. The topological polar surface area (TPSA) is 43.4 Å². The number of unbranched alkanes of at least 4 members (excludes halogenated alkanes) is 1. The molecule has 0 bridgehead atoms. The molecule has 3 aliphatic rings. The molecular weight excluding hydrogens is 372 g/mol. The summed E-state index contributed by atoms with van der Waals surface area (Å²) in [4.78, 5) is 25.0. The molecule has 3 rings (SSSR count). The van der Waals surface area contributed by atoms with Gasteiger partial charge < -0.3 is 4.74 Å². The zero-order valence-corrected chi connectivity index (χ0v) is 19.7.